The molecule has 3 aromatic rings. The fourth-order valence-electron chi connectivity index (χ4n) is 1.91. The van der Waals surface area contributed by atoms with Gasteiger partial charge in [0.25, 0.3) is 0 Å². The van der Waals surface area contributed by atoms with Crippen LogP contribution in [-0.4, -0.2) is 9.97 Å². The van der Waals surface area contributed by atoms with Crippen molar-refractivity contribution in [1.29, 1.82) is 0 Å². The number of H-pyrrole nitrogens is 1. The van der Waals surface area contributed by atoms with Crippen LogP contribution in [0.2, 0.25) is 0 Å². The largest absolute Gasteiger partial charge is 0.383 e. The minimum atomic E-state index is 0.630. The van der Waals surface area contributed by atoms with E-state index in [1.807, 2.05) is 19.1 Å². The van der Waals surface area contributed by atoms with Crippen molar-refractivity contribution in [1.82, 2.24) is 9.97 Å². The molecule has 0 saturated heterocycles. The van der Waals surface area contributed by atoms with Crippen LogP contribution in [0.25, 0.3) is 10.8 Å². The van der Waals surface area contributed by atoms with Gasteiger partial charge in [0.1, 0.15) is 16.7 Å². The summed E-state index contributed by atoms with van der Waals surface area (Å²) >= 11 is 1.58. The van der Waals surface area contributed by atoms with Crippen molar-refractivity contribution in [3.8, 4) is 0 Å². The van der Waals surface area contributed by atoms with Crippen molar-refractivity contribution in [3.05, 3.63) is 48.3 Å². The van der Waals surface area contributed by atoms with Gasteiger partial charge in [-0.25, -0.2) is 4.98 Å². The molecule has 0 aliphatic carbocycles. The minimum absolute atomic E-state index is 0.630. The fraction of sp³-hybridized carbons (Fsp3) is 0.0714. The van der Waals surface area contributed by atoms with Gasteiger partial charge in [-0.3, -0.25) is 0 Å². The number of anilines is 1. The van der Waals surface area contributed by atoms with Crippen molar-refractivity contribution < 1.29 is 0 Å². The van der Waals surface area contributed by atoms with Crippen LogP contribution in [0.15, 0.2) is 52.4 Å². The molecule has 0 aliphatic rings. The summed E-state index contributed by atoms with van der Waals surface area (Å²) in [7, 11) is 0. The lowest BCUT2D eigenvalue weighted by Crippen LogP contribution is -1.86. The molecule has 90 valence electrons. The predicted octanol–water partition coefficient (Wildman–Crippen LogP) is 3.60. The fourth-order valence-corrected chi connectivity index (χ4v) is 2.80. The summed E-state index contributed by atoms with van der Waals surface area (Å²) in [4.78, 5) is 8.52. The zero-order valence-corrected chi connectivity index (χ0v) is 10.8. The highest BCUT2D eigenvalue weighted by atomic mass is 32.2. The molecule has 0 unspecified atom stereocenters. The molecule has 0 amide bonds. The van der Waals surface area contributed by atoms with Crippen molar-refractivity contribution in [2.75, 3.05) is 5.73 Å². The summed E-state index contributed by atoms with van der Waals surface area (Å²) in [6.07, 6.45) is 0. The van der Waals surface area contributed by atoms with Crippen LogP contribution >= 0.6 is 11.8 Å². The second-order valence-electron chi connectivity index (χ2n) is 4.15. The van der Waals surface area contributed by atoms with E-state index in [-0.39, 0.29) is 0 Å². The summed E-state index contributed by atoms with van der Waals surface area (Å²) in [5.41, 5.74) is 5.86. The van der Waals surface area contributed by atoms with Crippen LogP contribution in [-0.2, 0) is 0 Å². The van der Waals surface area contributed by atoms with Crippen molar-refractivity contribution in [2.24, 2.45) is 0 Å². The van der Waals surface area contributed by atoms with Crippen molar-refractivity contribution in [2.45, 2.75) is 16.8 Å². The third-order valence-corrected chi connectivity index (χ3v) is 3.74. The van der Waals surface area contributed by atoms with Gasteiger partial charge in [0, 0.05) is 4.90 Å². The molecule has 0 fully saturated rings. The SMILES string of the molecule is Cc1nc(Sc2ccc3ccccc3c2)c(N)[nH]1. The number of benzene rings is 2. The molecule has 1 aromatic heterocycles. The molecule has 3 N–H and O–H groups in total. The van der Waals surface area contributed by atoms with Crippen molar-refractivity contribution >= 4 is 28.4 Å². The molecule has 0 radical (unpaired) electrons. The van der Waals surface area contributed by atoms with Gasteiger partial charge in [-0.1, -0.05) is 42.1 Å². The van der Waals surface area contributed by atoms with Gasteiger partial charge in [0.15, 0.2) is 0 Å². The number of fused-ring (bicyclic) bond motifs is 1. The number of imidazole rings is 1. The third-order valence-electron chi connectivity index (χ3n) is 2.75. The first kappa shape index (κ1) is 11.2. The molecule has 1 heterocycles. The van der Waals surface area contributed by atoms with Gasteiger partial charge < -0.3 is 10.7 Å². The van der Waals surface area contributed by atoms with Crippen LogP contribution in [0, 0.1) is 6.92 Å². The average molecular weight is 255 g/mol. The standard InChI is InChI=1S/C14H13N3S/c1-9-16-13(15)14(17-9)18-12-7-6-10-4-2-3-5-11(10)8-12/h2-8H,15H2,1H3,(H,16,17). The Morgan fingerprint density at radius 3 is 2.61 bits per heavy atom. The molecular weight excluding hydrogens is 242 g/mol. The van der Waals surface area contributed by atoms with Gasteiger partial charge in [-0.05, 0) is 29.8 Å². The number of aryl methyl sites for hydroxylation is 1. The zero-order chi connectivity index (χ0) is 12.5. The molecule has 0 saturated carbocycles. The van der Waals surface area contributed by atoms with E-state index in [0.29, 0.717) is 5.82 Å². The number of nitrogens with zero attached hydrogens (tertiary/aromatic N) is 1. The normalized spacial score (nSPS) is 10.9. The highest BCUT2D eigenvalue weighted by molar-refractivity contribution is 7.99. The zero-order valence-electron chi connectivity index (χ0n) is 9.97. The average Bonchev–Trinajstić information content (AvgIpc) is 2.68. The Morgan fingerprint density at radius 2 is 1.89 bits per heavy atom. The van der Waals surface area contributed by atoms with Gasteiger partial charge in [0.05, 0.1) is 0 Å². The summed E-state index contributed by atoms with van der Waals surface area (Å²) in [6, 6.07) is 14.7. The van der Waals surface area contributed by atoms with Crippen LogP contribution < -0.4 is 5.73 Å². The lowest BCUT2D eigenvalue weighted by Gasteiger charge is -2.02. The molecule has 4 heteroatoms. The lowest BCUT2D eigenvalue weighted by molar-refractivity contribution is 1.10. The number of hydrogen-bond acceptors (Lipinski definition) is 3. The number of aromatic nitrogens is 2. The maximum absolute atomic E-state index is 5.86. The second-order valence-corrected chi connectivity index (χ2v) is 5.21. The molecule has 0 bridgehead atoms. The Balaban J connectivity index is 1.97. The first-order valence-electron chi connectivity index (χ1n) is 5.71. The Morgan fingerprint density at radius 1 is 1.11 bits per heavy atom. The third kappa shape index (κ3) is 2.07. The van der Waals surface area contributed by atoms with E-state index in [1.54, 1.807) is 11.8 Å². The number of aromatic amines is 1. The molecule has 3 nitrogen and oxygen atoms in total. The van der Waals surface area contributed by atoms with E-state index in [2.05, 4.69) is 40.3 Å². The Hall–Kier alpha value is -1.94. The van der Waals surface area contributed by atoms with E-state index in [1.165, 1.54) is 10.8 Å². The molecule has 18 heavy (non-hydrogen) atoms. The smallest absolute Gasteiger partial charge is 0.143 e. The Labute approximate surface area is 109 Å². The van der Waals surface area contributed by atoms with Gasteiger partial charge >= 0.3 is 0 Å². The van der Waals surface area contributed by atoms with Gasteiger partial charge in [-0.15, -0.1) is 0 Å². The number of nitrogen functional groups attached to an aromatic ring is 1. The van der Waals surface area contributed by atoms with Crippen LogP contribution in [0.3, 0.4) is 0 Å². The van der Waals surface area contributed by atoms with Crippen LogP contribution in [0.1, 0.15) is 5.82 Å². The number of nitrogens with two attached hydrogens (primary N) is 1. The van der Waals surface area contributed by atoms with Crippen molar-refractivity contribution in [3.63, 3.8) is 0 Å². The maximum atomic E-state index is 5.86. The van der Waals surface area contributed by atoms with E-state index in [0.717, 1.165) is 15.7 Å². The monoisotopic (exact) mass is 255 g/mol. The summed E-state index contributed by atoms with van der Waals surface area (Å²) in [5, 5.41) is 3.31. The van der Waals surface area contributed by atoms with E-state index >= 15 is 0 Å². The number of hydrogen-bond donors (Lipinski definition) is 2. The summed E-state index contributed by atoms with van der Waals surface area (Å²) < 4.78 is 0. The summed E-state index contributed by atoms with van der Waals surface area (Å²) in [6.45, 7) is 1.90. The molecule has 0 aliphatic heterocycles. The Kier molecular flexibility index (Phi) is 2.72. The molecule has 2 aromatic carbocycles. The molecule has 3 rings (SSSR count). The van der Waals surface area contributed by atoms with Crippen LogP contribution in [0.5, 0.6) is 0 Å². The Bertz CT molecular complexity index is 703. The highest BCUT2D eigenvalue weighted by Crippen LogP contribution is 2.32. The van der Waals surface area contributed by atoms with E-state index < -0.39 is 0 Å². The first-order valence-corrected chi connectivity index (χ1v) is 6.53. The van der Waals surface area contributed by atoms with E-state index in [9.17, 15) is 0 Å². The van der Waals surface area contributed by atoms with Gasteiger partial charge in [-0.2, -0.15) is 0 Å². The van der Waals surface area contributed by atoms with Crippen LogP contribution in [0.4, 0.5) is 5.82 Å². The van der Waals surface area contributed by atoms with E-state index in [4.69, 9.17) is 5.73 Å². The molecule has 0 spiro atoms. The second kappa shape index (κ2) is 4.38. The maximum Gasteiger partial charge on any atom is 0.143 e. The quantitative estimate of drug-likeness (QED) is 0.735. The first-order chi connectivity index (χ1) is 8.72. The highest BCUT2D eigenvalue weighted by Gasteiger charge is 2.07. The number of nitrogens with one attached hydrogen (secondary N) is 1. The molecular formula is C14H13N3S. The summed E-state index contributed by atoms with van der Waals surface area (Å²) in [5.74, 6) is 1.47. The van der Waals surface area contributed by atoms with Gasteiger partial charge in [0.2, 0.25) is 0 Å². The topological polar surface area (TPSA) is 54.7 Å². The number of rotatable bonds is 2. The lowest BCUT2D eigenvalue weighted by atomic mass is 10.1. The molecule has 0 atom stereocenters. The predicted molar refractivity (Wildman–Crippen MR) is 75.8 cm³/mol. The minimum Gasteiger partial charge on any atom is -0.383 e.